The van der Waals surface area contributed by atoms with E-state index in [9.17, 15) is 9.59 Å². The number of piperazine rings is 1. The summed E-state index contributed by atoms with van der Waals surface area (Å²) in [6, 6.07) is 10.1. The van der Waals surface area contributed by atoms with E-state index < -0.39 is 0 Å². The molecule has 0 bridgehead atoms. The number of benzene rings is 1. The SMILES string of the molecule is Cl.Cl.O=C(NCC(=O)N1CCN(c2ccccc2)CC1)C1CSCN1. The van der Waals surface area contributed by atoms with Crippen LogP contribution in [0.15, 0.2) is 30.3 Å². The Morgan fingerprint density at radius 3 is 2.40 bits per heavy atom. The van der Waals surface area contributed by atoms with Crippen LogP contribution in [0.2, 0.25) is 0 Å². The van der Waals surface area contributed by atoms with Gasteiger partial charge in [0.1, 0.15) is 0 Å². The lowest BCUT2D eigenvalue weighted by Gasteiger charge is -2.36. The molecule has 1 atom stereocenters. The lowest BCUT2D eigenvalue weighted by Crippen LogP contribution is -2.52. The van der Waals surface area contributed by atoms with Crippen LogP contribution in [-0.2, 0) is 9.59 Å². The number of thioether (sulfide) groups is 1. The van der Waals surface area contributed by atoms with Crippen LogP contribution < -0.4 is 15.5 Å². The quantitative estimate of drug-likeness (QED) is 0.779. The second-order valence-electron chi connectivity index (χ2n) is 5.69. The second kappa shape index (κ2) is 10.8. The number of carbonyl (C=O) groups excluding carboxylic acids is 2. The smallest absolute Gasteiger partial charge is 0.242 e. The first-order chi connectivity index (χ1) is 11.2. The van der Waals surface area contributed by atoms with Crippen LogP contribution in [0, 0.1) is 0 Å². The van der Waals surface area contributed by atoms with E-state index in [4.69, 9.17) is 0 Å². The molecule has 25 heavy (non-hydrogen) atoms. The summed E-state index contributed by atoms with van der Waals surface area (Å²) in [6.07, 6.45) is 0. The summed E-state index contributed by atoms with van der Waals surface area (Å²) in [7, 11) is 0. The summed E-state index contributed by atoms with van der Waals surface area (Å²) >= 11 is 1.70. The fourth-order valence-corrected chi connectivity index (χ4v) is 3.76. The molecule has 0 radical (unpaired) electrons. The van der Waals surface area contributed by atoms with Crippen LogP contribution in [0.1, 0.15) is 0 Å². The molecule has 0 aromatic heterocycles. The molecule has 2 heterocycles. The molecule has 0 spiro atoms. The average Bonchev–Trinajstić information content (AvgIpc) is 3.15. The van der Waals surface area contributed by atoms with E-state index in [2.05, 4.69) is 27.7 Å². The van der Waals surface area contributed by atoms with Crippen LogP contribution >= 0.6 is 36.6 Å². The van der Waals surface area contributed by atoms with Gasteiger partial charge in [0.25, 0.3) is 0 Å². The minimum absolute atomic E-state index is 0. The highest BCUT2D eigenvalue weighted by atomic mass is 35.5. The van der Waals surface area contributed by atoms with Gasteiger partial charge in [-0.3, -0.25) is 14.9 Å². The first kappa shape index (κ1) is 21.9. The molecule has 1 unspecified atom stereocenters. The van der Waals surface area contributed by atoms with E-state index in [1.54, 1.807) is 11.8 Å². The molecule has 2 amide bonds. The van der Waals surface area contributed by atoms with Crippen molar-refractivity contribution in [3.63, 3.8) is 0 Å². The summed E-state index contributed by atoms with van der Waals surface area (Å²) in [6.45, 7) is 3.13. The summed E-state index contributed by atoms with van der Waals surface area (Å²) in [4.78, 5) is 28.2. The van der Waals surface area contributed by atoms with Crippen molar-refractivity contribution >= 4 is 54.1 Å². The molecular formula is C16H24Cl2N4O2S. The molecule has 6 nitrogen and oxygen atoms in total. The maximum absolute atomic E-state index is 12.2. The third-order valence-electron chi connectivity index (χ3n) is 4.20. The van der Waals surface area contributed by atoms with Gasteiger partial charge in [0.15, 0.2) is 0 Å². The number of nitrogens with one attached hydrogen (secondary N) is 2. The Bertz CT molecular complexity index is 550. The maximum atomic E-state index is 12.2. The number of carbonyl (C=O) groups is 2. The number of hydrogen-bond acceptors (Lipinski definition) is 5. The van der Waals surface area contributed by atoms with Gasteiger partial charge in [0.05, 0.1) is 12.6 Å². The van der Waals surface area contributed by atoms with Gasteiger partial charge in [-0.1, -0.05) is 18.2 Å². The van der Waals surface area contributed by atoms with Gasteiger partial charge < -0.3 is 15.1 Å². The van der Waals surface area contributed by atoms with E-state index >= 15 is 0 Å². The molecule has 0 aliphatic carbocycles. The number of halogens is 2. The van der Waals surface area contributed by atoms with Gasteiger partial charge in [0.2, 0.25) is 11.8 Å². The van der Waals surface area contributed by atoms with E-state index in [1.165, 1.54) is 5.69 Å². The second-order valence-corrected chi connectivity index (χ2v) is 6.72. The minimum Gasteiger partial charge on any atom is -0.368 e. The number of para-hydroxylation sites is 1. The lowest BCUT2D eigenvalue weighted by atomic mass is 10.2. The van der Waals surface area contributed by atoms with Gasteiger partial charge in [-0.25, -0.2) is 0 Å². The van der Waals surface area contributed by atoms with Crippen LogP contribution in [0.3, 0.4) is 0 Å². The summed E-state index contributed by atoms with van der Waals surface area (Å²) in [5.74, 6) is 1.49. The largest absolute Gasteiger partial charge is 0.368 e. The first-order valence-electron chi connectivity index (χ1n) is 7.90. The van der Waals surface area contributed by atoms with Crippen LogP contribution in [0.4, 0.5) is 5.69 Å². The van der Waals surface area contributed by atoms with E-state index in [0.717, 1.165) is 24.7 Å². The summed E-state index contributed by atoms with van der Waals surface area (Å²) in [5.41, 5.74) is 1.19. The van der Waals surface area contributed by atoms with Crippen molar-refractivity contribution in [3.8, 4) is 0 Å². The van der Waals surface area contributed by atoms with Crippen LogP contribution in [-0.4, -0.2) is 67.1 Å². The topological polar surface area (TPSA) is 64.7 Å². The number of hydrogen-bond donors (Lipinski definition) is 2. The molecule has 2 aliphatic rings. The zero-order valence-electron chi connectivity index (χ0n) is 13.8. The molecule has 2 N–H and O–H groups in total. The van der Waals surface area contributed by atoms with Crippen molar-refractivity contribution in [2.75, 3.05) is 49.3 Å². The predicted octanol–water partition coefficient (Wildman–Crippen LogP) is 0.958. The first-order valence-corrected chi connectivity index (χ1v) is 9.06. The fraction of sp³-hybridized carbons (Fsp3) is 0.500. The summed E-state index contributed by atoms with van der Waals surface area (Å²) in [5, 5.41) is 5.85. The van der Waals surface area contributed by atoms with Gasteiger partial charge in [-0.15, -0.1) is 36.6 Å². The highest BCUT2D eigenvalue weighted by molar-refractivity contribution is 7.99. The van der Waals surface area contributed by atoms with Crippen molar-refractivity contribution < 1.29 is 9.59 Å². The van der Waals surface area contributed by atoms with Crippen LogP contribution in [0.25, 0.3) is 0 Å². The normalized spacial score (nSPS) is 19.6. The maximum Gasteiger partial charge on any atom is 0.242 e. The Kier molecular flexibility index (Phi) is 9.42. The molecule has 1 aromatic carbocycles. The van der Waals surface area contributed by atoms with Gasteiger partial charge in [-0.2, -0.15) is 0 Å². The molecule has 2 fully saturated rings. The lowest BCUT2D eigenvalue weighted by molar-refractivity contribution is -0.133. The molecule has 1 aromatic rings. The molecular weight excluding hydrogens is 383 g/mol. The molecule has 9 heteroatoms. The van der Waals surface area contributed by atoms with Crippen molar-refractivity contribution in [3.05, 3.63) is 30.3 Å². The number of anilines is 1. The molecule has 0 saturated carbocycles. The van der Waals surface area contributed by atoms with Crippen molar-refractivity contribution in [2.24, 2.45) is 0 Å². The molecule has 140 valence electrons. The zero-order valence-corrected chi connectivity index (χ0v) is 16.3. The van der Waals surface area contributed by atoms with Crippen LogP contribution in [0.5, 0.6) is 0 Å². The van der Waals surface area contributed by atoms with Gasteiger partial charge >= 0.3 is 0 Å². The third-order valence-corrected chi connectivity index (χ3v) is 5.14. The minimum atomic E-state index is -0.164. The van der Waals surface area contributed by atoms with E-state index in [-0.39, 0.29) is 49.2 Å². The highest BCUT2D eigenvalue weighted by Crippen LogP contribution is 2.15. The Morgan fingerprint density at radius 2 is 1.80 bits per heavy atom. The summed E-state index contributed by atoms with van der Waals surface area (Å²) < 4.78 is 0. The Morgan fingerprint density at radius 1 is 1.12 bits per heavy atom. The monoisotopic (exact) mass is 406 g/mol. The van der Waals surface area contributed by atoms with E-state index in [0.29, 0.717) is 13.1 Å². The number of rotatable bonds is 4. The molecule has 2 saturated heterocycles. The zero-order chi connectivity index (χ0) is 16.1. The third kappa shape index (κ3) is 5.95. The predicted molar refractivity (Wildman–Crippen MR) is 107 cm³/mol. The Hall–Kier alpha value is -1.15. The van der Waals surface area contributed by atoms with Gasteiger partial charge in [0, 0.05) is 43.5 Å². The standard InChI is InChI=1S/C16H22N4O2S.2ClH/c21-15(10-17-16(22)14-11-23-12-18-14)20-8-6-19(7-9-20)13-4-2-1-3-5-13;;/h1-5,14,18H,6-12H2,(H,17,22);2*1H. The molecule has 3 rings (SSSR count). The highest BCUT2D eigenvalue weighted by Gasteiger charge is 2.25. The number of amides is 2. The average molecular weight is 407 g/mol. The van der Waals surface area contributed by atoms with E-state index in [1.807, 2.05) is 23.1 Å². The van der Waals surface area contributed by atoms with Crippen molar-refractivity contribution in [2.45, 2.75) is 6.04 Å². The van der Waals surface area contributed by atoms with Crippen molar-refractivity contribution in [1.29, 1.82) is 0 Å². The molecule has 2 aliphatic heterocycles. The number of nitrogens with zero attached hydrogens (tertiary/aromatic N) is 2. The fourth-order valence-electron chi connectivity index (χ4n) is 2.81. The van der Waals surface area contributed by atoms with Crippen molar-refractivity contribution in [1.82, 2.24) is 15.5 Å². The van der Waals surface area contributed by atoms with Gasteiger partial charge in [-0.05, 0) is 12.1 Å². The Labute approximate surface area is 164 Å². The Balaban J connectivity index is 0.00000156.